The van der Waals surface area contributed by atoms with E-state index in [9.17, 15) is 0 Å². The molecule has 1 N–H and O–H groups in total. The zero-order valence-electron chi connectivity index (χ0n) is 17.1. The SMILES string of the molecule is Brc1ccc2[nH+]c3c4ccccc4n(CCCCCC4CCCCC4)c3cc2c1. The van der Waals surface area contributed by atoms with Gasteiger partial charge in [0.1, 0.15) is 5.52 Å². The van der Waals surface area contributed by atoms with Gasteiger partial charge in [-0.1, -0.05) is 79.4 Å². The number of aromatic nitrogens is 2. The summed E-state index contributed by atoms with van der Waals surface area (Å²) in [7, 11) is 0. The first-order valence-corrected chi connectivity index (χ1v) is 12.1. The fourth-order valence-corrected chi connectivity index (χ4v) is 5.63. The summed E-state index contributed by atoms with van der Waals surface area (Å²) in [4.78, 5) is 3.70. The van der Waals surface area contributed by atoms with Crippen molar-refractivity contribution >= 4 is 48.8 Å². The molecule has 1 fully saturated rings. The number of aryl methyl sites for hydroxylation is 1. The molecule has 2 heterocycles. The molecule has 0 atom stereocenters. The van der Waals surface area contributed by atoms with Crippen LogP contribution in [0.15, 0.2) is 53.0 Å². The van der Waals surface area contributed by atoms with E-state index in [1.165, 1.54) is 90.6 Å². The second-order valence-corrected chi connectivity index (χ2v) is 9.70. The number of hydrogen-bond acceptors (Lipinski definition) is 0. The van der Waals surface area contributed by atoms with Crippen molar-refractivity contribution in [3.05, 3.63) is 53.0 Å². The van der Waals surface area contributed by atoms with Crippen LogP contribution in [0.3, 0.4) is 0 Å². The molecule has 0 radical (unpaired) electrons. The number of aromatic amines is 1. The van der Waals surface area contributed by atoms with Crippen LogP contribution < -0.4 is 4.98 Å². The minimum absolute atomic E-state index is 1.01. The molecule has 5 rings (SSSR count). The number of fused-ring (bicyclic) bond motifs is 4. The van der Waals surface area contributed by atoms with E-state index in [-0.39, 0.29) is 0 Å². The van der Waals surface area contributed by atoms with Crippen LogP contribution >= 0.6 is 15.9 Å². The van der Waals surface area contributed by atoms with Crippen molar-refractivity contribution in [3.8, 4) is 0 Å². The molecule has 0 bridgehead atoms. The number of H-pyrrole nitrogens is 1. The summed E-state index contributed by atoms with van der Waals surface area (Å²) >= 11 is 3.62. The predicted molar refractivity (Wildman–Crippen MR) is 126 cm³/mol. The Balaban J connectivity index is 1.39. The van der Waals surface area contributed by atoms with Gasteiger partial charge in [0.15, 0.2) is 0 Å². The van der Waals surface area contributed by atoms with Crippen LogP contribution in [0.1, 0.15) is 57.8 Å². The molecule has 0 aliphatic heterocycles. The molecule has 2 aromatic carbocycles. The third kappa shape index (κ3) is 3.94. The first kappa shape index (κ1) is 19.1. The maximum Gasteiger partial charge on any atom is 0.237 e. The fourth-order valence-electron chi connectivity index (χ4n) is 5.25. The Morgan fingerprint density at radius 1 is 0.897 bits per heavy atom. The van der Waals surface area contributed by atoms with Crippen molar-refractivity contribution in [2.75, 3.05) is 0 Å². The molecule has 1 aliphatic rings. The molecular weight excluding hydrogens is 420 g/mol. The molecule has 150 valence electrons. The van der Waals surface area contributed by atoms with E-state index in [0.29, 0.717) is 0 Å². The Morgan fingerprint density at radius 3 is 2.66 bits per heavy atom. The lowest BCUT2D eigenvalue weighted by Crippen LogP contribution is -2.07. The molecule has 3 heteroatoms. The van der Waals surface area contributed by atoms with Gasteiger partial charge in [-0.3, -0.25) is 0 Å². The number of nitrogens with one attached hydrogen (secondary N) is 1. The lowest BCUT2D eigenvalue weighted by atomic mass is 9.85. The quantitative estimate of drug-likeness (QED) is 0.269. The highest BCUT2D eigenvalue weighted by Gasteiger charge is 2.17. The monoisotopic (exact) mass is 449 g/mol. The van der Waals surface area contributed by atoms with E-state index < -0.39 is 0 Å². The smallest absolute Gasteiger partial charge is 0.237 e. The molecule has 1 saturated carbocycles. The number of hydrogen-bond donors (Lipinski definition) is 0. The molecule has 0 unspecified atom stereocenters. The van der Waals surface area contributed by atoms with Gasteiger partial charge in [-0.05, 0) is 42.7 Å². The summed E-state index contributed by atoms with van der Waals surface area (Å²) in [6.07, 6.45) is 12.8. The lowest BCUT2D eigenvalue weighted by Gasteiger charge is -2.21. The Kier molecular flexibility index (Phi) is 5.59. The number of pyridine rings is 1. The minimum Gasteiger partial charge on any atom is -0.335 e. The largest absolute Gasteiger partial charge is 0.335 e. The average Bonchev–Trinajstić information content (AvgIpc) is 3.05. The van der Waals surface area contributed by atoms with Gasteiger partial charge in [0.05, 0.1) is 10.9 Å². The normalized spacial score (nSPS) is 15.6. The van der Waals surface area contributed by atoms with E-state index in [0.717, 1.165) is 16.9 Å². The summed E-state index contributed by atoms with van der Waals surface area (Å²) < 4.78 is 3.66. The molecule has 1 aliphatic carbocycles. The summed E-state index contributed by atoms with van der Waals surface area (Å²) in [6.45, 7) is 1.10. The Hall–Kier alpha value is -1.87. The van der Waals surface area contributed by atoms with Crippen molar-refractivity contribution in [1.29, 1.82) is 0 Å². The average molecular weight is 450 g/mol. The molecule has 2 nitrogen and oxygen atoms in total. The number of nitrogens with zero attached hydrogens (tertiary/aromatic N) is 1. The summed E-state index contributed by atoms with van der Waals surface area (Å²) in [5.41, 5.74) is 5.12. The van der Waals surface area contributed by atoms with Crippen LogP contribution in [-0.4, -0.2) is 4.57 Å². The number of benzene rings is 2. The Morgan fingerprint density at radius 2 is 1.76 bits per heavy atom. The van der Waals surface area contributed by atoms with Gasteiger partial charge in [-0.25, -0.2) is 4.98 Å². The van der Waals surface area contributed by atoms with Gasteiger partial charge in [0, 0.05) is 22.5 Å². The Labute approximate surface area is 181 Å². The fraction of sp³-hybridized carbons (Fsp3) is 0.423. The number of unbranched alkanes of at least 4 members (excludes halogenated alkanes) is 2. The summed E-state index contributed by atoms with van der Waals surface area (Å²) in [6, 6.07) is 17.7. The van der Waals surface area contributed by atoms with Gasteiger partial charge in [-0.2, -0.15) is 0 Å². The van der Waals surface area contributed by atoms with Crippen molar-refractivity contribution in [2.24, 2.45) is 5.92 Å². The first-order chi connectivity index (χ1) is 14.3. The maximum absolute atomic E-state index is 3.70. The van der Waals surface area contributed by atoms with Crippen LogP contribution in [0.5, 0.6) is 0 Å². The van der Waals surface area contributed by atoms with E-state index in [2.05, 4.69) is 74.0 Å². The first-order valence-electron chi connectivity index (χ1n) is 11.3. The van der Waals surface area contributed by atoms with Gasteiger partial charge >= 0.3 is 0 Å². The number of rotatable bonds is 6. The molecule has 0 amide bonds. The van der Waals surface area contributed by atoms with Crippen LogP contribution in [-0.2, 0) is 6.54 Å². The molecule has 0 spiro atoms. The Bertz CT molecular complexity index is 1140. The van der Waals surface area contributed by atoms with E-state index in [4.69, 9.17) is 0 Å². The van der Waals surface area contributed by atoms with Gasteiger partial charge in [-0.15, -0.1) is 0 Å². The van der Waals surface area contributed by atoms with Crippen molar-refractivity contribution in [2.45, 2.75) is 64.3 Å². The summed E-state index contributed by atoms with van der Waals surface area (Å²) in [5, 5.41) is 2.59. The van der Waals surface area contributed by atoms with E-state index in [1.807, 2.05) is 0 Å². The molecule has 2 aromatic heterocycles. The zero-order valence-corrected chi connectivity index (χ0v) is 18.7. The highest BCUT2D eigenvalue weighted by Crippen LogP contribution is 2.30. The van der Waals surface area contributed by atoms with Crippen LogP contribution in [0, 0.1) is 5.92 Å². The van der Waals surface area contributed by atoms with Crippen molar-refractivity contribution < 1.29 is 4.98 Å². The van der Waals surface area contributed by atoms with Crippen molar-refractivity contribution in [1.82, 2.24) is 4.57 Å². The molecule has 29 heavy (non-hydrogen) atoms. The van der Waals surface area contributed by atoms with Crippen molar-refractivity contribution in [3.63, 3.8) is 0 Å². The summed E-state index contributed by atoms with van der Waals surface area (Å²) in [5.74, 6) is 1.01. The topological polar surface area (TPSA) is 19.1 Å². The standard InChI is InChI=1S/C26H29BrN2/c27-21-14-15-23-20(17-21)18-25-26(28-23)22-12-6-7-13-24(22)29(25)16-8-2-5-11-19-9-3-1-4-10-19/h6-7,12-15,17-19H,1-5,8-11,16H2/p+1. The van der Waals surface area contributed by atoms with Crippen LogP contribution in [0.25, 0.3) is 32.8 Å². The van der Waals surface area contributed by atoms with Gasteiger partial charge in [0.25, 0.3) is 0 Å². The van der Waals surface area contributed by atoms with Gasteiger partial charge < -0.3 is 4.57 Å². The van der Waals surface area contributed by atoms with E-state index in [1.54, 1.807) is 0 Å². The van der Waals surface area contributed by atoms with E-state index >= 15 is 0 Å². The highest BCUT2D eigenvalue weighted by molar-refractivity contribution is 9.10. The lowest BCUT2D eigenvalue weighted by molar-refractivity contribution is -0.309. The molecule has 4 aromatic rings. The maximum atomic E-state index is 3.70. The predicted octanol–water partition coefficient (Wildman–Crippen LogP) is 7.67. The van der Waals surface area contributed by atoms with Crippen LogP contribution in [0.2, 0.25) is 0 Å². The second-order valence-electron chi connectivity index (χ2n) is 8.78. The number of halogens is 1. The number of para-hydroxylation sites is 1. The van der Waals surface area contributed by atoms with Crippen LogP contribution in [0.4, 0.5) is 0 Å². The third-order valence-corrected chi connectivity index (χ3v) is 7.29. The minimum atomic E-state index is 1.01. The van der Waals surface area contributed by atoms with Gasteiger partial charge in [0.2, 0.25) is 11.0 Å². The second kappa shape index (κ2) is 8.47. The third-order valence-electron chi connectivity index (χ3n) is 6.80. The zero-order chi connectivity index (χ0) is 19.6. The molecular formula is C26H30BrN2+. The molecule has 0 saturated heterocycles. The highest BCUT2D eigenvalue weighted by atomic mass is 79.9.